The van der Waals surface area contributed by atoms with Gasteiger partial charge in [-0.3, -0.25) is 9.69 Å². The number of imidazole rings is 1. The minimum absolute atomic E-state index is 0.0865. The van der Waals surface area contributed by atoms with Crippen LogP contribution in [0.25, 0.3) is 0 Å². The van der Waals surface area contributed by atoms with E-state index in [0.717, 1.165) is 30.9 Å². The van der Waals surface area contributed by atoms with Crippen molar-refractivity contribution < 1.29 is 14.3 Å². The van der Waals surface area contributed by atoms with Crippen LogP contribution in [0.15, 0.2) is 36.7 Å². The summed E-state index contributed by atoms with van der Waals surface area (Å²) in [6, 6.07) is 10.2. The molecule has 1 aromatic heterocycles. The first-order valence-corrected chi connectivity index (χ1v) is 10.7. The zero-order valence-corrected chi connectivity index (χ0v) is 18.6. The largest absolute Gasteiger partial charge is 0.383 e. The van der Waals surface area contributed by atoms with Crippen LogP contribution in [0.5, 0.6) is 0 Å². The molecule has 0 fully saturated rings. The number of amides is 1. The monoisotopic (exact) mass is 414 g/mol. The van der Waals surface area contributed by atoms with Gasteiger partial charge in [0.15, 0.2) is 0 Å². The zero-order chi connectivity index (χ0) is 21.5. The van der Waals surface area contributed by atoms with Crippen molar-refractivity contribution in [1.82, 2.24) is 19.4 Å². The molecule has 1 unspecified atom stereocenters. The van der Waals surface area contributed by atoms with Crippen LogP contribution >= 0.6 is 0 Å². The number of carbonyl (C=O) groups excluding carboxylic acids is 1. The Morgan fingerprint density at radius 3 is 2.43 bits per heavy atom. The van der Waals surface area contributed by atoms with Crippen molar-refractivity contribution in [3.8, 4) is 0 Å². The molecule has 7 nitrogen and oxygen atoms in total. The quantitative estimate of drug-likeness (QED) is 0.598. The minimum Gasteiger partial charge on any atom is -0.383 e. The molecule has 1 aromatic carbocycles. The van der Waals surface area contributed by atoms with Crippen molar-refractivity contribution in [3.63, 3.8) is 0 Å². The number of benzene rings is 1. The highest BCUT2D eigenvalue weighted by Gasteiger charge is 2.39. The van der Waals surface area contributed by atoms with E-state index < -0.39 is 0 Å². The van der Waals surface area contributed by atoms with E-state index in [9.17, 15) is 4.79 Å². The summed E-state index contributed by atoms with van der Waals surface area (Å²) in [5.41, 5.74) is 3.26. The van der Waals surface area contributed by atoms with Crippen molar-refractivity contribution in [2.75, 3.05) is 47.1 Å². The van der Waals surface area contributed by atoms with Crippen LogP contribution in [0.2, 0.25) is 0 Å². The zero-order valence-electron chi connectivity index (χ0n) is 18.6. The summed E-state index contributed by atoms with van der Waals surface area (Å²) >= 11 is 0. The molecule has 0 bridgehead atoms. The van der Waals surface area contributed by atoms with Crippen LogP contribution in [0.1, 0.15) is 42.9 Å². The molecule has 0 saturated carbocycles. The predicted molar refractivity (Wildman–Crippen MR) is 116 cm³/mol. The molecule has 1 atom stereocenters. The highest BCUT2D eigenvalue weighted by atomic mass is 16.5. The van der Waals surface area contributed by atoms with Crippen LogP contribution in [0, 0.1) is 0 Å². The van der Waals surface area contributed by atoms with Gasteiger partial charge < -0.3 is 18.9 Å². The first-order chi connectivity index (χ1) is 14.6. The highest BCUT2D eigenvalue weighted by Crippen LogP contribution is 2.33. The summed E-state index contributed by atoms with van der Waals surface area (Å²) in [6.07, 6.45) is 2.73. The standard InChI is InChI=1S/C23H34N4O3/c1-18(2)27-17-24-20-10-11-26(16-19-8-6-5-7-9-19)22(21(20)27)23(28)25(12-14-29-3)13-15-30-4/h5-9,17-18,22H,10-16H2,1-4H3. The van der Waals surface area contributed by atoms with Crippen molar-refractivity contribution in [2.24, 2.45) is 0 Å². The topological polar surface area (TPSA) is 59.8 Å². The molecule has 1 aliphatic heterocycles. The molecule has 7 heteroatoms. The van der Waals surface area contributed by atoms with E-state index in [4.69, 9.17) is 9.47 Å². The van der Waals surface area contributed by atoms with Crippen molar-refractivity contribution >= 4 is 5.91 Å². The fourth-order valence-corrected chi connectivity index (χ4v) is 4.03. The Morgan fingerprint density at radius 2 is 1.83 bits per heavy atom. The van der Waals surface area contributed by atoms with Gasteiger partial charge in [-0.15, -0.1) is 0 Å². The van der Waals surface area contributed by atoms with Gasteiger partial charge in [-0.2, -0.15) is 0 Å². The van der Waals surface area contributed by atoms with Crippen LogP contribution < -0.4 is 0 Å². The summed E-state index contributed by atoms with van der Waals surface area (Å²) in [6.45, 7) is 7.87. The number of hydrogen-bond donors (Lipinski definition) is 0. The maximum atomic E-state index is 13.9. The van der Waals surface area contributed by atoms with E-state index in [0.29, 0.717) is 26.3 Å². The summed E-state index contributed by atoms with van der Waals surface area (Å²) in [5.74, 6) is 0.0865. The second kappa shape index (κ2) is 10.7. The summed E-state index contributed by atoms with van der Waals surface area (Å²) < 4.78 is 12.7. The van der Waals surface area contributed by atoms with Gasteiger partial charge in [0.1, 0.15) is 6.04 Å². The Bertz CT molecular complexity index is 798. The molecular formula is C23H34N4O3. The third-order valence-corrected chi connectivity index (χ3v) is 5.63. The van der Waals surface area contributed by atoms with E-state index in [1.54, 1.807) is 14.2 Å². The number of aromatic nitrogens is 2. The normalized spacial score (nSPS) is 16.6. The third kappa shape index (κ3) is 5.09. The Hall–Kier alpha value is -2.22. The molecular weight excluding hydrogens is 380 g/mol. The second-order valence-corrected chi connectivity index (χ2v) is 8.00. The third-order valence-electron chi connectivity index (χ3n) is 5.63. The van der Waals surface area contributed by atoms with Gasteiger partial charge in [-0.05, 0) is 19.4 Å². The Kier molecular flexibility index (Phi) is 8.01. The lowest BCUT2D eigenvalue weighted by Crippen LogP contribution is -2.48. The smallest absolute Gasteiger partial charge is 0.246 e. The molecule has 0 N–H and O–H groups in total. The van der Waals surface area contributed by atoms with E-state index in [-0.39, 0.29) is 18.0 Å². The molecule has 3 rings (SSSR count). The second-order valence-electron chi connectivity index (χ2n) is 8.00. The number of ether oxygens (including phenoxy) is 2. The van der Waals surface area contributed by atoms with Gasteiger partial charge in [0.05, 0.1) is 30.9 Å². The average molecular weight is 415 g/mol. The highest BCUT2D eigenvalue weighted by molar-refractivity contribution is 5.83. The molecule has 30 heavy (non-hydrogen) atoms. The fraction of sp³-hybridized carbons (Fsp3) is 0.565. The number of nitrogens with zero attached hydrogens (tertiary/aromatic N) is 4. The van der Waals surface area contributed by atoms with Crippen molar-refractivity contribution in [2.45, 2.75) is 38.9 Å². The minimum atomic E-state index is -0.368. The number of rotatable bonds is 10. The summed E-state index contributed by atoms with van der Waals surface area (Å²) in [5, 5.41) is 0. The van der Waals surface area contributed by atoms with Crippen molar-refractivity contribution in [3.05, 3.63) is 53.6 Å². The van der Waals surface area contributed by atoms with Gasteiger partial charge in [0.2, 0.25) is 5.91 Å². The fourth-order valence-electron chi connectivity index (χ4n) is 4.03. The average Bonchev–Trinajstić information content (AvgIpc) is 3.18. The molecule has 0 spiro atoms. The molecule has 0 saturated heterocycles. The predicted octanol–water partition coefficient (Wildman–Crippen LogP) is 2.68. The lowest BCUT2D eigenvalue weighted by Gasteiger charge is -2.38. The van der Waals surface area contributed by atoms with E-state index in [1.165, 1.54) is 5.56 Å². The van der Waals surface area contributed by atoms with Gasteiger partial charge >= 0.3 is 0 Å². The van der Waals surface area contributed by atoms with Crippen LogP contribution in [0.4, 0.5) is 0 Å². The molecule has 1 amide bonds. The van der Waals surface area contributed by atoms with Crippen LogP contribution in [-0.2, 0) is 27.2 Å². The van der Waals surface area contributed by atoms with Crippen molar-refractivity contribution in [1.29, 1.82) is 0 Å². The molecule has 164 valence electrons. The maximum Gasteiger partial charge on any atom is 0.246 e. The number of methoxy groups -OCH3 is 2. The molecule has 0 aliphatic carbocycles. The Balaban J connectivity index is 1.96. The van der Waals surface area contributed by atoms with Gasteiger partial charge in [-0.25, -0.2) is 4.98 Å². The van der Waals surface area contributed by atoms with Gasteiger partial charge in [0, 0.05) is 52.9 Å². The summed E-state index contributed by atoms with van der Waals surface area (Å²) in [4.78, 5) is 22.7. The lowest BCUT2D eigenvalue weighted by molar-refractivity contribution is -0.139. The van der Waals surface area contributed by atoms with E-state index in [1.807, 2.05) is 29.4 Å². The molecule has 1 aliphatic rings. The van der Waals surface area contributed by atoms with Gasteiger partial charge in [-0.1, -0.05) is 30.3 Å². The first kappa shape index (κ1) is 22.5. The number of hydrogen-bond acceptors (Lipinski definition) is 5. The Morgan fingerprint density at radius 1 is 1.17 bits per heavy atom. The van der Waals surface area contributed by atoms with Gasteiger partial charge in [0.25, 0.3) is 0 Å². The van der Waals surface area contributed by atoms with E-state index >= 15 is 0 Å². The SMILES string of the molecule is COCCN(CCOC)C(=O)C1c2c(ncn2C(C)C)CCN1Cc1ccccc1. The molecule has 2 heterocycles. The van der Waals surface area contributed by atoms with E-state index in [2.05, 4.69) is 40.4 Å². The molecule has 2 aromatic rings. The number of carbonyl (C=O) groups is 1. The molecule has 0 radical (unpaired) electrons. The van der Waals surface area contributed by atoms with Crippen LogP contribution in [0.3, 0.4) is 0 Å². The maximum absolute atomic E-state index is 13.9. The lowest BCUT2D eigenvalue weighted by atomic mass is 9.99. The van der Waals surface area contributed by atoms with Crippen LogP contribution in [-0.4, -0.2) is 72.3 Å². The Labute approximate surface area is 179 Å². The summed E-state index contributed by atoms with van der Waals surface area (Å²) in [7, 11) is 3.32. The first-order valence-electron chi connectivity index (χ1n) is 10.7. The number of fused-ring (bicyclic) bond motifs is 1.